The zero-order valence-corrected chi connectivity index (χ0v) is 35.5. The summed E-state index contributed by atoms with van der Waals surface area (Å²) in [5, 5.41) is 13.3. The number of hydrogen-bond donors (Lipinski definition) is 0. The van der Waals surface area contributed by atoms with Crippen LogP contribution in [-0.2, 0) is 25.0 Å². The molecule has 8 aromatic carbocycles. The molecule has 5 heteroatoms. The van der Waals surface area contributed by atoms with Crippen LogP contribution in [0.2, 0.25) is 0 Å². The van der Waals surface area contributed by atoms with E-state index in [9.17, 15) is 0 Å². The number of pyridine rings is 1. The number of benzene rings is 8. The first-order valence-corrected chi connectivity index (χ1v) is 21.7. The minimum Gasteiger partial charge on any atom is -0.667 e. The maximum absolute atomic E-state index is 7.61. The Kier molecular flexibility index (Phi) is 13.0. The van der Waals surface area contributed by atoms with Gasteiger partial charge in [-0.2, -0.15) is 0 Å². The molecule has 57 heavy (non-hydrogen) atoms. The van der Waals surface area contributed by atoms with Gasteiger partial charge in [0.25, 0.3) is 0 Å². The number of aromatic nitrogens is 1. The fraction of sp³-hybridized carbons (Fsp3) is 0.0577. The van der Waals surface area contributed by atoms with Gasteiger partial charge in [-0.05, 0) is 92.5 Å². The van der Waals surface area contributed by atoms with Gasteiger partial charge >= 0.3 is 19.5 Å². The van der Waals surface area contributed by atoms with Crippen molar-refractivity contribution < 1.29 is 19.5 Å². The largest absolute Gasteiger partial charge is 1.00 e. The van der Waals surface area contributed by atoms with Gasteiger partial charge in [0.2, 0.25) is 0 Å². The molecule has 0 aliphatic heterocycles. The molecule has 1 N–H and O–H groups in total. The van der Waals surface area contributed by atoms with Crippen LogP contribution in [0.15, 0.2) is 219 Å². The van der Waals surface area contributed by atoms with E-state index >= 15 is 0 Å². The molecule has 0 atom stereocenters. The first-order valence-electron chi connectivity index (χ1n) is 19.0. The molecule has 9 aromatic rings. The smallest absolute Gasteiger partial charge is 0.667 e. The van der Waals surface area contributed by atoms with E-state index in [0.717, 1.165) is 5.69 Å². The van der Waals surface area contributed by atoms with E-state index in [-0.39, 0.29) is 19.5 Å². The van der Waals surface area contributed by atoms with E-state index in [1.165, 1.54) is 64.5 Å². The Hall–Kier alpha value is -5.13. The van der Waals surface area contributed by atoms with Crippen molar-refractivity contribution in [3.05, 3.63) is 230 Å². The average molecular weight is 859 g/mol. The topological polar surface area (TPSA) is 36.7 Å². The van der Waals surface area contributed by atoms with E-state index in [1.54, 1.807) is 6.20 Å². The van der Waals surface area contributed by atoms with Gasteiger partial charge in [0, 0.05) is 11.9 Å². The number of rotatable bonds is 8. The molecule has 1 radical (unpaired) electrons. The standard InChI is InChI=1S/C44H32P2.C8H11N2.Ru/c1-5-19-35(20-6-1)45(36-21-7-2-8-22-36)41-31-29-33-17-13-15-27-39(33)43(41)44-40-28-16-14-18-34(40)30-32-42(44)46(37-23-9-3-10-24-37)38-25-11-4-12-26-38;1-8(2,9)7-5-3-4-6-10-7;/h1-32H;3-6,9H,1-2H3;/q;-1;+1. The van der Waals surface area contributed by atoms with Crippen LogP contribution in [0.3, 0.4) is 0 Å². The van der Waals surface area contributed by atoms with Crippen LogP contribution in [0, 0.1) is 0 Å². The fourth-order valence-electron chi connectivity index (χ4n) is 7.31. The van der Waals surface area contributed by atoms with E-state index in [2.05, 4.69) is 199 Å². The van der Waals surface area contributed by atoms with Crippen LogP contribution in [0.1, 0.15) is 19.5 Å². The number of hydrogen-bond acceptors (Lipinski definition) is 1. The molecule has 0 aliphatic rings. The quantitative estimate of drug-likeness (QED) is 0.111. The minimum atomic E-state index is -0.852. The summed E-state index contributed by atoms with van der Waals surface area (Å²) in [5.74, 6) is 0. The molecule has 0 fully saturated rings. The van der Waals surface area contributed by atoms with Crippen molar-refractivity contribution in [2.45, 2.75) is 19.4 Å². The first kappa shape index (κ1) is 40.1. The zero-order chi connectivity index (χ0) is 38.3. The van der Waals surface area contributed by atoms with E-state index in [4.69, 9.17) is 5.73 Å². The molecule has 0 bridgehead atoms. The second kappa shape index (κ2) is 18.4. The van der Waals surface area contributed by atoms with Crippen molar-refractivity contribution in [3.8, 4) is 11.1 Å². The third kappa shape index (κ3) is 8.90. The van der Waals surface area contributed by atoms with Gasteiger partial charge in [-0.15, -0.1) is 0 Å². The van der Waals surface area contributed by atoms with Gasteiger partial charge < -0.3 is 5.73 Å². The van der Waals surface area contributed by atoms with Crippen molar-refractivity contribution in [3.63, 3.8) is 0 Å². The van der Waals surface area contributed by atoms with E-state index in [0.29, 0.717) is 0 Å². The molecule has 2 nitrogen and oxygen atoms in total. The van der Waals surface area contributed by atoms with Crippen LogP contribution >= 0.6 is 15.8 Å². The summed E-state index contributed by atoms with van der Waals surface area (Å²) >= 11 is 0. The summed E-state index contributed by atoms with van der Waals surface area (Å²) < 4.78 is 0. The third-order valence-corrected chi connectivity index (χ3v) is 14.9. The Morgan fingerprint density at radius 3 is 1.04 bits per heavy atom. The Labute approximate surface area is 352 Å². The van der Waals surface area contributed by atoms with Crippen molar-refractivity contribution in [1.82, 2.24) is 4.98 Å². The summed E-state index contributed by atoms with van der Waals surface area (Å²) in [7, 11) is -1.70. The van der Waals surface area contributed by atoms with Crippen molar-refractivity contribution in [1.29, 1.82) is 0 Å². The zero-order valence-electron chi connectivity index (χ0n) is 32.0. The molecule has 0 amide bonds. The Morgan fingerprint density at radius 1 is 0.386 bits per heavy atom. The molecular weight excluding hydrogens is 816 g/mol. The average Bonchev–Trinajstić information content (AvgIpc) is 3.26. The molecule has 9 rings (SSSR count). The summed E-state index contributed by atoms with van der Waals surface area (Å²) in [6, 6.07) is 77.4. The predicted molar refractivity (Wildman–Crippen MR) is 246 cm³/mol. The summed E-state index contributed by atoms with van der Waals surface area (Å²) in [4.78, 5) is 4.06. The molecule has 0 spiro atoms. The maximum Gasteiger partial charge on any atom is 1.00 e. The van der Waals surface area contributed by atoms with E-state index in [1.807, 2.05) is 32.0 Å². The molecule has 0 saturated carbocycles. The van der Waals surface area contributed by atoms with Gasteiger partial charge in [-0.1, -0.05) is 220 Å². The van der Waals surface area contributed by atoms with E-state index < -0.39 is 21.4 Å². The van der Waals surface area contributed by atoms with Gasteiger partial charge in [-0.25, -0.2) is 0 Å². The van der Waals surface area contributed by atoms with Gasteiger partial charge in [-0.3, -0.25) is 4.98 Å². The van der Waals surface area contributed by atoms with Crippen LogP contribution in [0.5, 0.6) is 0 Å². The van der Waals surface area contributed by atoms with Crippen LogP contribution < -0.4 is 31.8 Å². The van der Waals surface area contributed by atoms with Gasteiger partial charge in [0.15, 0.2) is 0 Å². The summed E-state index contributed by atoms with van der Waals surface area (Å²) in [6.45, 7) is 3.66. The van der Waals surface area contributed by atoms with Gasteiger partial charge in [0.1, 0.15) is 0 Å². The number of nitrogens with one attached hydrogen (secondary N) is 1. The second-order valence-electron chi connectivity index (χ2n) is 14.2. The normalized spacial score (nSPS) is 11.2. The van der Waals surface area contributed by atoms with Crippen molar-refractivity contribution in [2.75, 3.05) is 0 Å². The van der Waals surface area contributed by atoms with Crippen LogP contribution in [-0.4, -0.2) is 4.98 Å². The molecule has 1 aromatic heterocycles. The fourth-order valence-corrected chi connectivity index (χ4v) is 12.3. The Morgan fingerprint density at radius 2 is 0.719 bits per heavy atom. The maximum atomic E-state index is 7.61. The molecular formula is C52H43N2P2Ru. The third-order valence-electron chi connectivity index (χ3n) is 9.91. The SMILES string of the molecule is CC(C)([NH-])c1ccccn1.[Ru+].c1ccc(P(c2ccccc2)c2ccc3ccccc3c2-c2c(P(c3ccccc3)c3ccccc3)ccc3ccccc23)cc1. The Bertz CT molecular complexity index is 2430. The van der Waals surface area contributed by atoms with Gasteiger partial charge in [0.05, 0.1) is 0 Å². The monoisotopic (exact) mass is 859 g/mol. The molecule has 0 saturated heterocycles. The first-order chi connectivity index (χ1) is 27.5. The predicted octanol–water partition coefficient (Wildman–Crippen LogP) is 11.5. The molecule has 0 unspecified atom stereocenters. The Balaban J connectivity index is 0.000000396. The summed E-state index contributed by atoms with van der Waals surface area (Å²) in [6.07, 6.45) is 1.71. The molecule has 0 aliphatic carbocycles. The minimum absolute atomic E-state index is 0. The van der Waals surface area contributed by atoms with Crippen LogP contribution in [0.4, 0.5) is 0 Å². The van der Waals surface area contributed by atoms with Crippen LogP contribution in [0.25, 0.3) is 38.4 Å². The second-order valence-corrected chi connectivity index (χ2v) is 18.6. The summed E-state index contributed by atoms with van der Waals surface area (Å²) in [5.41, 5.74) is 10.6. The number of nitrogens with zero attached hydrogens (tertiary/aromatic N) is 1. The number of fused-ring (bicyclic) bond motifs is 2. The van der Waals surface area contributed by atoms with Crippen molar-refractivity contribution in [2.24, 2.45) is 0 Å². The molecule has 1 heterocycles. The molecule has 279 valence electrons. The van der Waals surface area contributed by atoms with Crippen molar-refractivity contribution >= 4 is 69.2 Å².